The Hall–Kier alpha value is -7.87. The lowest BCUT2D eigenvalue weighted by molar-refractivity contribution is -0.142. The maximum atomic E-state index is 14.2. The first kappa shape index (κ1) is 64.2. The van der Waals surface area contributed by atoms with Gasteiger partial charge in [0.15, 0.2) is 5.96 Å². The molecule has 76 heavy (non-hydrogen) atoms. The Morgan fingerprint density at radius 3 is 1.62 bits per heavy atom. The molecule has 2 aromatic rings. The lowest BCUT2D eigenvalue weighted by Crippen LogP contribution is -2.60. The van der Waals surface area contributed by atoms with Gasteiger partial charge in [-0.15, -0.1) is 0 Å². The highest BCUT2D eigenvalue weighted by atomic mass is 16.4. The molecule has 0 bridgehead atoms. The Kier molecular flexibility index (Phi) is 28.6. The number of carboxylic acids is 1. The van der Waals surface area contributed by atoms with E-state index in [4.69, 9.17) is 28.7 Å². The number of carbonyl (C=O) groups is 10. The first-order valence-corrected chi connectivity index (χ1v) is 25.1. The van der Waals surface area contributed by atoms with E-state index in [9.17, 15) is 58.2 Å². The number of nitrogens with one attached hydrogen (secondary N) is 8. The van der Waals surface area contributed by atoms with Crippen LogP contribution in [0, 0.1) is 11.8 Å². The van der Waals surface area contributed by atoms with Crippen molar-refractivity contribution < 1.29 is 58.2 Å². The number of aromatic hydroxyl groups is 1. The first-order valence-electron chi connectivity index (χ1n) is 25.1. The zero-order valence-electron chi connectivity index (χ0n) is 43.6. The molecule has 0 aliphatic rings. The molecule has 20 N–H and O–H groups in total. The van der Waals surface area contributed by atoms with Gasteiger partial charge >= 0.3 is 5.97 Å². The summed E-state index contributed by atoms with van der Waals surface area (Å²) in [4.78, 5) is 137. The number of carbonyl (C=O) groups excluding carboxylic acids is 9. The van der Waals surface area contributed by atoms with Crippen molar-refractivity contribution in [2.45, 2.75) is 134 Å². The second kappa shape index (κ2) is 33.8. The van der Waals surface area contributed by atoms with Crippen LogP contribution in [0.1, 0.15) is 90.2 Å². The maximum Gasteiger partial charge on any atom is 0.326 e. The number of aliphatic carboxylic acids is 1. The average Bonchev–Trinajstić information content (AvgIpc) is 3.36. The number of phenols is 1. The van der Waals surface area contributed by atoms with Crippen LogP contribution in [0.5, 0.6) is 5.75 Å². The SMILES string of the molecule is CC(C)C[C@H](NC(=O)[C@H](Cc1ccccc1)NC(=O)[C@@H](NC(=O)[C@H](CCCN=C(N)N)NC(=O)CNC(=O)[C@H](CCC(N)=O)NC(=O)[C@H](Cc1ccc(O)cc1)NC(=O)CN)C(C)C)C(=O)N[C@@H](CCCCN)C(=O)O. The molecular weight excluding hydrogens is 989 g/mol. The third kappa shape index (κ3) is 24.9. The van der Waals surface area contributed by atoms with Crippen molar-refractivity contribution in [1.29, 1.82) is 0 Å². The maximum absolute atomic E-state index is 14.2. The molecule has 26 nitrogen and oxygen atoms in total. The van der Waals surface area contributed by atoms with Gasteiger partial charge in [0.1, 0.15) is 48.0 Å². The highest BCUT2D eigenvalue weighted by molar-refractivity contribution is 5.97. The predicted octanol–water partition coefficient (Wildman–Crippen LogP) is -3.12. The van der Waals surface area contributed by atoms with Crippen LogP contribution < -0.4 is 71.2 Å². The van der Waals surface area contributed by atoms with Crippen LogP contribution in [0.2, 0.25) is 0 Å². The highest BCUT2D eigenvalue weighted by Crippen LogP contribution is 2.14. The third-order valence-corrected chi connectivity index (χ3v) is 11.6. The molecule has 26 heteroatoms. The smallest absolute Gasteiger partial charge is 0.326 e. The summed E-state index contributed by atoms with van der Waals surface area (Å²) in [6.45, 7) is 6.03. The van der Waals surface area contributed by atoms with Crippen molar-refractivity contribution in [2.24, 2.45) is 45.5 Å². The molecule has 2 rings (SSSR count). The van der Waals surface area contributed by atoms with Gasteiger partial charge in [-0.2, -0.15) is 0 Å². The summed E-state index contributed by atoms with van der Waals surface area (Å²) in [7, 11) is 0. The minimum atomic E-state index is -1.46. The van der Waals surface area contributed by atoms with E-state index in [0.717, 1.165) is 0 Å². The van der Waals surface area contributed by atoms with E-state index in [1.54, 1.807) is 44.2 Å². The summed E-state index contributed by atoms with van der Waals surface area (Å²) < 4.78 is 0. The Labute approximate surface area is 442 Å². The minimum Gasteiger partial charge on any atom is -0.508 e. The molecule has 0 spiro atoms. The van der Waals surface area contributed by atoms with Gasteiger partial charge in [-0.3, -0.25) is 48.1 Å². The number of aliphatic imine (C=N–C) groups is 1. The Morgan fingerprint density at radius 2 is 1.07 bits per heavy atom. The number of carboxylic acid groups (broad SMARTS) is 1. The summed E-state index contributed by atoms with van der Waals surface area (Å²) in [5, 5.41) is 40.0. The van der Waals surface area contributed by atoms with Crippen molar-refractivity contribution in [3.63, 3.8) is 0 Å². The molecule has 0 aliphatic carbocycles. The lowest BCUT2D eigenvalue weighted by atomic mass is 9.99. The first-order chi connectivity index (χ1) is 35.9. The molecule has 0 unspecified atom stereocenters. The van der Waals surface area contributed by atoms with Gasteiger partial charge in [0.25, 0.3) is 0 Å². The van der Waals surface area contributed by atoms with Gasteiger partial charge in [-0.05, 0) is 86.6 Å². The standard InChI is InChI=1S/C50H78N14O12/c1-28(2)23-36(45(71)61-35(49(75)76)13-8-9-21-51)62-47(73)38(24-30-11-6-5-7-12-30)63-48(74)42(29(3)4)64-44(70)33(14-10-22-56-50(54)55)58-41(68)27-57-43(69)34(19-20-39(53)66)60-46(72)37(59-40(67)26-52)25-31-15-17-32(65)18-16-31/h5-7,11-12,15-18,28-29,33-38,42,65H,8-10,13-14,19-27,51-52H2,1-4H3,(H2,53,66)(H,57,69)(H,58,68)(H,59,67)(H,60,72)(H,61,71)(H,62,73)(H,63,74)(H,64,70)(H,75,76)(H4,54,55,56)/t33-,34-,35-,36-,37-,38-,42-/m0/s1. The number of rotatable bonds is 35. The van der Waals surface area contributed by atoms with E-state index in [0.29, 0.717) is 30.5 Å². The van der Waals surface area contributed by atoms with Crippen molar-refractivity contribution in [3.05, 3.63) is 65.7 Å². The van der Waals surface area contributed by atoms with Crippen molar-refractivity contribution in [3.8, 4) is 5.75 Å². The van der Waals surface area contributed by atoms with Gasteiger partial charge in [-0.25, -0.2) is 4.79 Å². The second-order valence-electron chi connectivity index (χ2n) is 18.9. The van der Waals surface area contributed by atoms with Gasteiger partial charge < -0.3 is 81.4 Å². The van der Waals surface area contributed by atoms with E-state index in [-0.39, 0.29) is 75.5 Å². The Bertz CT molecular complexity index is 2280. The van der Waals surface area contributed by atoms with Crippen LogP contribution in [0.4, 0.5) is 0 Å². The molecule has 0 heterocycles. The van der Waals surface area contributed by atoms with Crippen LogP contribution in [-0.4, -0.2) is 144 Å². The molecule has 0 aromatic heterocycles. The summed E-state index contributed by atoms with van der Waals surface area (Å²) >= 11 is 0. The molecule has 0 aliphatic heterocycles. The average molecular weight is 1070 g/mol. The number of phenolic OH excluding ortho intramolecular Hbond substituents is 1. The molecule has 0 saturated carbocycles. The van der Waals surface area contributed by atoms with Crippen molar-refractivity contribution in [1.82, 2.24) is 42.5 Å². The summed E-state index contributed by atoms with van der Waals surface area (Å²) in [6.07, 6.45) is 0.429. The molecule has 2 aromatic carbocycles. The summed E-state index contributed by atoms with van der Waals surface area (Å²) in [5.41, 5.74) is 28.5. The monoisotopic (exact) mass is 1070 g/mol. The number of hydrogen-bond donors (Lipinski definition) is 15. The van der Waals surface area contributed by atoms with E-state index in [2.05, 4.69) is 47.5 Å². The second-order valence-corrected chi connectivity index (χ2v) is 18.9. The van der Waals surface area contributed by atoms with E-state index < -0.39 is 120 Å². The van der Waals surface area contributed by atoms with Crippen molar-refractivity contribution in [2.75, 3.05) is 26.2 Å². The Morgan fingerprint density at radius 1 is 0.553 bits per heavy atom. The van der Waals surface area contributed by atoms with Gasteiger partial charge in [-0.1, -0.05) is 70.2 Å². The topological polar surface area (TPSA) is 450 Å². The molecular formula is C50H78N14O12. The molecule has 7 atom stereocenters. The van der Waals surface area contributed by atoms with Crippen LogP contribution in [0.15, 0.2) is 59.6 Å². The van der Waals surface area contributed by atoms with Crippen LogP contribution in [0.25, 0.3) is 0 Å². The fourth-order valence-corrected chi connectivity index (χ4v) is 7.57. The lowest BCUT2D eigenvalue weighted by Gasteiger charge is -2.29. The highest BCUT2D eigenvalue weighted by Gasteiger charge is 2.35. The van der Waals surface area contributed by atoms with Gasteiger partial charge in [0.2, 0.25) is 53.2 Å². The fourth-order valence-electron chi connectivity index (χ4n) is 7.57. The van der Waals surface area contributed by atoms with Crippen LogP contribution in [-0.2, 0) is 60.8 Å². The number of primary amides is 1. The van der Waals surface area contributed by atoms with Crippen molar-refractivity contribution >= 4 is 65.1 Å². The van der Waals surface area contributed by atoms with E-state index >= 15 is 0 Å². The number of hydrogen-bond acceptors (Lipinski definition) is 14. The zero-order valence-corrected chi connectivity index (χ0v) is 43.6. The van der Waals surface area contributed by atoms with Crippen LogP contribution in [0.3, 0.4) is 0 Å². The third-order valence-electron chi connectivity index (χ3n) is 11.6. The number of amides is 9. The quantitative estimate of drug-likeness (QED) is 0.0184. The minimum absolute atomic E-state index is 0.0326. The normalized spacial score (nSPS) is 13.7. The largest absolute Gasteiger partial charge is 0.508 e. The van der Waals surface area contributed by atoms with Gasteiger partial charge in [0, 0.05) is 25.8 Å². The van der Waals surface area contributed by atoms with E-state index in [1.807, 2.05) is 13.8 Å². The molecule has 9 amide bonds. The number of guanidine groups is 1. The molecule has 0 fully saturated rings. The molecule has 0 saturated heterocycles. The number of nitrogens with two attached hydrogens (primary N) is 5. The number of benzene rings is 2. The summed E-state index contributed by atoms with van der Waals surface area (Å²) in [6, 6.07) is 5.26. The predicted molar refractivity (Wildman–Crippen MR) is 281 cm³/mol. The summed E-state index contributed by atoms with van der Waals surface area (Å²) in [5.74, 6) is -9.62. The zero-order chi connectivity index (χ0) is 56.9. The number of nitrogens with zero attached hydrogens (tertiary/aromatic N) is 1. The fraction of sp³-hybridized carbons (Fsp3) is 0.540. The molecule has 420 valence electrons. The van der Waals surface area contributed by atoms with Crippen LogP contribution >= 0.6 is 0 Å². The number of unbranched alkanes of at least 4 members (excludes halogenated alkanes) is 1. The molecule has 0 radical (unpaired) electrons. The Balaban J connectivity index is 2.36. The van der Waals surface area contributed by atoms with Gasteiger partial charge in [0.05, 0.1) is 13.1 Å². The van der Waals surface area contributed by atoms with E-state index in [1.165, 1.54) is 24.3 Å².